The van der Waals surface area contributed by atoms with E-state index >= 15 is 0 Å². The molecule has 0 aliphatic heterocycles. The highest BCUT2D eigenvalue weighted by Crippen LogP contribution is 2.20. The first-order valence-electron chi connectivity index (χ1n) is 7.59. The Morgan fingerprint density at radius 1 is 1.21 bits per heavy atom. The van der Waals surface area contributed by atoms with Gasteiger partial charge in [0.2, 0.25) is 0 Å². The molecule has 2 rings (SSSR count). The van der Waals surface area contributed by atoms with Crippen molar-refractivity contribution in [3.8, 4) is 5.75 Å². The van der Waals surface area contributed by atoms with Crippen LogP contribution in [0.25, 0.3) is 0 Å². The number of hydrogen-bond donors (Lipinski definition) is 1. The molecule has 1 amide bonds. The second-order valence-corrected chi connectivity index (χ2v) is 5.58. The van der Waals surface area contributed by atoms with Crippen LogP contribution < -0.4 is 10.1 Å². The fourth-order valence-corrected chi connectivity index (χ4v) is 2.52. The summed E-state index contributed by atoms with van der Waals surface area (Å²) >= 11 is 0. The van der Waals surface area contributed by atoms with Gasteiger partial charge < -0.3 is 10.1 Å². The lowest BCUT2D eigenvalue weighted by Gasteiger charge is -2.10. The van der Waals surface area contributed by atoms with E-state index in [0.29, 0.717) is 24.1 Å². The highest BCUT2D eigenvalue weighted by atomic mass is 16.6. The number of ether oxygens (including phenoxy) is 1. The number of hydrogen-bond acceptors (Lipinski definition) is 4. The molecule has 6 nitrogen and oxygen atoms in total. The number of nitrogens with one attached hydrogen (secondary N) is 1. The van der Waals surface area contributed by atoms with Crippen LogP contribution in [0.1, 0.15) is 27.0 Å². The van der Waals surface area contributed by atoms with Crippen LogP contribution in [0.5, 0.6) is 5.75 Å². The predicted octanol–water partition coefficient (Wildman–Crippen LogP) is 3.19. The number of nitro groups is 1. The predicted molar refractivity (Wildman–Crippen MR) is 91.6 cm³/mol. The van der Waals surface area contributed by atoms with E-state index in [1.54, 1.807) is 14.0 Å². The van der Waals surface area contributed by atoms with Crippen LogP contribution in [0, 0.1) is 24.0 Å². The normalized spacial score (nSPS) is 10.3. The Labute approximate surface area is 140 Å². The molecule has 0 saturated heterocycles. The van der Waals surface area contributed by atoms with Gasteiger partial charge in [-0.2, -0.15) is 0 Å². The molecular weight excluding hydrogens is 308 g/mol. The van der Waals surface area contributed by atoms with Gasteiger partial charge in [0.25, 0.3) is 11.6 Å². The number of carbonyl (C=O) groups excluding carboxylic acids is 1. The lowest BCUT2D eigenvalue weighted by atomic mass is 10.1. The maximum atomic E-state index is 12.2. The van der Waals surface area contributed by atoms with Gasteiger partial charge >= 0.3 is 0 Å². The molecule has 0 saturated carbocycles. The molecule has 0 spiro atoms. The van der Waals surface area contributed by atoms with Crippen molar-refractivity contribution >= 4 is 11.6 Å². The van der Waals surface area contributed by atoms with Gasteiger partial charge in [-0.15, -0.1) is 0 Å². The number of carbonyl (C=O) groups is 1. The minimum Gasteiger partial charge on any atom is -0.496 e. The van der Waals surface area contributed by atoms with Gasteiger partial charge in [-0.25, -0.2) is 0 Å². The van der Waals surface area contributed by atoms with Gasteiger partial charge in [0.1, 0.15) is 5.75 Å². The topological polar surface area (TPSA) is 81.5 Å². The third-order valence-electron chi connectivity index (χ3n) is 3.77. The molecule has 2 aromatic rings. The number of nitrogens with zero attached hydrogens (tertiary/aromatic N) is 1. The number of aryl methyl sites for hydroxylation is 2. The lowest BCUT2D eigenvalue weighted by Crippen LogP contribution is -2.25. The van der Waals surface area contributed by atoms with E-state index in [1.807, 2.05) is 25.1 Å². The summed E-state index contributed by atoms with van der Waals surface area (Å²) in [5, 5.41) is 13.6. The summed E-state index contributed by atoms with van der Waals surface area (Å²) in [5.41, 5.74) is 3.04. The molecule has 0 aliphatic carbocycles. The Balaban J connectivity index is 2.00. The first kappa shape index (κ1) is 17.5. The highest BCUT2D eigenvalue weighted by molar-refractivity contribution is 5.94. The van der Waals surface area contributed by atoms with Crippen molar-refractivity contribution in [2.45, 2.75) is 20.3 Å². The monoisotopic (exact) mass is 328 g/mol. The molecule has 2 aromatic carbocycles. The molecule has 0 bridgehead atoms. The maximum Gasteiger partial charge on any atom is 0.272 e. The second kappa shape index (κ2) is 7.59. The first-order chi connectivity index (χ1) is 11.4. The Morgan fingerprint density at radius 2 is 1.96 bits per heavy atom. The Kier molecular flexibility index (Phi) is 5.52. The van der Waals surface area contributed by atoms with Crippen molar-refractivity contribution in [1.29, 1.82) is 0 Å². The van der Waals surface area contributed by atoms with Crippen LogP contribution in [-0.4, -0.2) is 24.5 Å². The van der Waals surface area contributed by atoms with E-state index in [2.05, 4.69) is 5.32 Å². The summed E-state index contributed by atoms with van der Waals surface area (Å²) in [4.78, 5) is 22.5. The van der Waals surface area contributed by atoms with Crippen molar-refractivity contribution in [3.05, 3.63) is 68.8 Å². The SMILES string of the molecule is COc1ccc(C)cc1CCNC(=O)c1ccc([N+](=O)[O-])c(C)c1. The summed E-state index contributed by atoms with van der Waals surface area (Å²) in [6.45, 7) is 4.07. The second-order valence-electron chi connectivity index (χ2n) is 5.58. The Morgan fingerprint density at radius 3 is 2.58 bits per heavy atom. The highest BCUT2D eigenvalue weighted by Gasteiger charge is 2.13. The van der Waals surface area contributed by atoms with Gasteiger partial charge in [0.05, 0.1) is 12.0 Å². The van der Waals surface area contributed by atoms with E-state index < -0.39 is 4.92 Å². The van der Waals surface area contributed by atoms with E-state index in [1.165, 1.54) is 18.2 Å². The van der Waals surface area contributed by atoms with Crippen LogP contribution in [-0.2, 0) is 6.42 Å². The quantitative estimate of drug-likeness (QED) is 0.652. The molecule has 126 valence electrons. The van der Waals surface area contributed by atoms with E-state index in [4.69, 9.17) is 4.74 Å². The van der Waals surface area contributed by atoms with Crippen LogP contribution in [0.3, 0.4) is 0 Å². The molecule has 0 heterocycles. The molecule has 0 aromatic heterocycles. The number of nitro benzene ring substituents is 1. The van der Waals surface area contributed by atoms with Crippen LogP contribution in [0.2, 0.25) is 0 Å². The smallest absolute Gasteiger partial charge is 0.272 e. The summed E-state index contributed by atoms with van der Waals surface area (Å²) in [5.74, 6) is 0.542. The minimum absolute atomic E-state index is 0.0102. The molecule has 0 aliphatic rings. The van der Waals surface area contributed by atoms with Crippen molar-refractivity contribution < 1.29 is 14.5 Å². The molecule has 0 atom stereocenters. The lowest BCUT2D eigenvalue weighted by molar-refractivity contribution is -0.385. The van der Waals surface area contributed by atoms with Crippen molar-refractivity contribution in [2.24, 2.45) is 0 Å². The summed E-state index contributed by atoms with van der Waals surface area (Å²) in [6.07, 6.45) is 0.641. The van der Waals surface area contributed by atoms with Crippen molar-refractivity contribution in [2.75, 3.05) is 13.7 Å². The third-order valence-corrected chi connectivity index (χ3v) is 3.77. The molecular formula is C18H20N2O4. The van der Waals surface area contributed by atoms with Gasteiger partial charge in [0, 0.05) is 23.7 Å². The summed E-state index contributed by atoms with van der Waals surface area (Å²) < 4.78 is 5.32. The van der Waals surface area contributed by atoms with Crippen molar-refractivity contribution in [1.82, 2.24) is 5.32 Å². The zero-order valence-corrected chi connectivity index (χ0v) is 14.0. The average Bonchev–Trinajstić information content (AvgIpc) is 2.54. The number of rotatable bonds is 6. The zero-order valence-electron chi connectivity index (χ0n) is 14.0. The number of benzene rings is 2. The van der Waals surface area contributed by atoms with E-state index in [9.17, 15) is 14.9 Å². The molecule has 1 N–H and O–H groups in total. The van der Waals surface area contributed by atoms with Crippen LogP contribution >= 0.6 is 0 Å². The maximum absolute atomic E-state index is 12.2. The number of methoxy groups -OCH3 is 1. The largest absolute Gasteiger partial charge is 0.496 e. The van der Waals surface area contributed by atoms with E-state index in [0.717, 1.165) is 16.9 Å². The summed E-state index contributed by atoms with van der Waals surface area (Å²) in [7, 11) is 1.62. The molecule has 6 heteroatoms. The third kappa shape index (κ3) is 4.10. The Bertz CT molecular complexity index is 772. The fourth-order valence-electron chi connectivity index (χ4n) is 2.52. The molecule has 0 radical (unpaired) electrons. The van der Waals surface area contributed by atoms with E-state index in [-0.39, 0.29) is 11.6 Å². The average molecular weight is 328 g/mol. The van der Waals surface area contributed by atoms with Crippen LogP contribution in [0.4, 0.5) is 5.69 Å². The first-order valence-corrected chi connectivity index (χ1v) is 7.59. The molecule has 0 unspecified atom stereocenters. The minimum atomic E-state index is -0.457. The fraction of sp³-hybridized carbons (Fsp3) is 0.278. The molecule has 0 fully saturated rings. The van der Waals surface area contributed by atoms with Gasteiger partial charge in [-0.05, 0) is 44.0 Å². The van der Waals surface area contributed by atoms with Gasteiger partial charge in [-0.1, -0.05) is 17.7 Å². The Hall–Kier alpha value is -2.89. The van der Waals surface area contributed by atoms with Gasteiger partial charge in [-0.3, -0.25) is 14.9 Å². The summed E-state index contributed by atoms with van der Waals surface area (Å²) in [6, 6.07) is 10.3. The molecule has 24 heavy (non-hydrogen) atoms. The standard InChI is InChI=1S/C18H20N2O4/c1-12-4-7-17(24-3)14(10-12)8-9-19-18(21)15-5-6-16(20(22)23)13(2)11-15/h4-7,10-11H,8-9H2,1-3H3,(H,19,21). The zero-order chi connectivity index (χ0) is 17.7. The van der Waals surface area contributed by atoms with Gasteiger partial charge in [0.15, 0.2) is 0 Å². The number of amides is 1. The van der Waals surface area contributed by atoms with Crippen molar-refractivity contribution in [3.63, 3.8) is 0 Å². The van der Waals surface area contributed by atoms with Crippen LogP contribution in [0.15, 0.2) is 36.4 Å².